The molecular formula is C13H20N2. The Bertz CT molecular complexity index is 373. The van der Waals surface area contributed by atoms with Gasteiger partial charge < -0.3 is 5.73 Å². The Labute approximate surface area is 91.9 Å². The average molecular weight is 204 g/mol. The summed E-state index contributed by atoms with van der Waals surface area (Å²) in [4.78, 5) is 4.52. The predicted molar refractivity (Wildman–Crippen MR) is 62.6 cm³/mol. The lowest BCUT2D eigenvalue weighted by Gasteiger charge is -2.14. The van der Waals surface area contributed by atoms with Gasteiger partial charge in [-0.1, -0.05) is 19.4 Å². The van der Waals surface area contributed by atoms with Gasteiger partial charge in [-0.2, -0.15) is 0 Å². The van der Waals surface area contributed by atoms with Crippen LogP contribution < -0.4 is 5.73 Å². The van der Waals surface area contributed by atoms with E-state index in [0.717, 1.165) is 12.1 Å². The molecule has 2 N–H and O–H groups in total. The number of hydrogen-bond donors (Lipinski definition) is 1. The van der Waals surface area contributed by atoms with Crippen LogP contribution in [0.3, 0.4) is 0 Å². The maximum atomic E-state index is 6.39. The van der Waals surface area contributed by atoms with Gasteiger partial charge in [0.15, 0.2) is 0 Å². The minimum absolute atomic E-state index is 0.117. The van der Waals surface area contributed by atoms with Gasteiger partial charge in [0.05, 0.1) is 11.2 Å². The first-order valence-corrected chi connectivity index (χ1v) is 5.80. The zero-order valence-electron chi connectivity index (χ0n) is 9.88. The SMILES string of the molecule is CCCC1CC1(N)c1ncc(C)cc1C. The van der Waals surface area contributed by atoms with Crippen molar-refractivity contribution in [3.63, 3.8) is 0 Å². The highest BCUT2D eigenvalue weighted by atomic mass is 14.9. The minimum atomic E-state index is -0.117. The minimum Gasteiger partial charge on any atom is -0.320 e. The van der Waals surface area contributed by atoms with Crippen molar-refractivity contribution in [1.29, 1.82) is 0 Å². The molecule has 0 aliphatic heterocycles. The van der Waals surface area contributed by atoms with Crippen molar-refractivity contribution < 1.29 is 0 Å². The molecule has 15 heavy (non-hydrogen) atoms. The molecule has 1 heterocycles. The molecule has 2 nitrogen and oxygen atoms in total. The normalized spacial score (nSPS) is 29.2. The fourth-order valence-electron chi connectivity index (χ4n) is 2.55. The molecule has 2 heteroatoms. The highest BCUT2D eigenvalue weighted by Crippen LogP contribution is 2.52. The van der Waals surface area contributed by atoms with Crippen molar-refractivity contribution >= 4 is 0 Å². The van der Waals surface area contributed by atoms with Gasteiger partial charge >= 0.3 is 0 Å². The Hall–Kier alpha value is -0.890. The molecule has 0 aromatic carbocycles. The van der Waals surface area contributed by atoms with E-state index in [0.29, 0.717) is 5.92 Å². The summed E-state index contributed by atoms with van der Waals surface area (Å²) < 4.78 is 0. The number of aryl methyl sites for hydroxylation is 2. The lowest BCUT2D eigenvalue weighted by molar-refractivity contribution is 0.567. The van der Waals surface area contributed by atoms with Crippen LogP contribution in [0.2, 0.25) is 0 Å². The van der Waals surface area contributed by atoms with Crippen LogP contribution in [0, 0.1) is 19.8 Å². The summed E-state index contributed by atoms with van der Waals surface area (Å²) in [6, 6.07) is 2.18. The molecule has 0 saturated heterocycles. The lowest BCUT2D eigenvalue weighted by Crippen LogP contribution is -2.25. The highest BCUT2D eigenvalue weighted by Gasteiger charge is 2.53. The molecule has 0 bridgehead atoms. The van der Waals surface area contributed by atoms with E-state index in [-0.39, 0.29) is 5.54 Å². The summed E-state index contributed by atoms with van der Waals surface area (Å²) in [5, 5.41) is 0. The van der Waals surface area contributed by atoms with Crippen LogP contribution >= 0.6 is 0 Å². The van der Waals surface area contributed by atoms with Crippen molar-refractivity contribution in [2.45, 2.75) is 45.6 Å². The van der Waals surface area contributed by atoms with Crippen LogP contribution in [0.15, 0.2) is 12.3 Å². The van der Waals surface area contributed by atoms with Crippen molar-refractivity contribution in [2.24, 2.45) is 11.7 Å². The molecule has 1 aliphatic carbocycles. The Morgan fingerprint density at radius 1 is 1.53 bits per heavy atom. The summed E-state index contributed by atoms with van der Waals surface area (Å²) in [5.41, 5.74) is 9.85. The second kappa shape index (κ2) is 3.60. The van der Waals surface area contributed by atoms with E-state index in [2.05, 4.69) is 31.8 Å². The average Bonchev–Trinajstić information content (AvgIpc) is 2.78. The molecule has 82 valence electrons. The molecule has 2 atom stereocenters. The summed E-state index contributed by atoms with van der Waals surface area (Å²) >= 11 is 0. The van der Waals surface area contributed by atoms with Gasteiger partial charge in [0.25, 0.3) is 0 Å². The van der Waals surface area contributed by atoms with Gasteiger partial charge in [-0.15, -0.1) is 0 Å². The summed E-state index contributed by atoms with van der Waals surface area (Å²) in [6.45, 7) is 6.41. The molecule has 0 amide bonds. The Morgan fingerprint density at radius 2 is 2.27 bits per heavy atom. The molecule has 0 spiro atoms. The lowest BCUT2D eigenvalue weighted by atomic mass is 10.0. The van der Waals surface area contributed by atoms with Crippen LogP contribution in [0.25, 0.3) is 0 Å². The van der Waals surface area contributed by atoms with E-state index >= 15 is 0 Å². The van der Waals surface area contributed by atoms with E-state index in [1.54, 1.807) is 0 Å². The van der Waals surface area contributed by atoms with Gasteiger partial charge in [0.1, 0.15) is 0 Å². The number of pyridine rings is 1. The van der Waals surface area contributed by atoms with E-state index in [9.17, 15) is 0 Å². The quantitative estimate of drug-likeness (QED) is 0.822. The van der Waals surface area contributed by atoms with E-state index < -0.39 is 0 Å². The first kappa shape index (κ1) is 10.6. The summed E-state index contributed by atoms with van der Waals surface area (Å²) in [6.07, 6.45) is 5.48. The molecule has 1 aliphatic rings. The van der Waals surface area contributed by atoms with Gasteiger partial charge in [-0.25, -0.2) is 0 Å². The highest BCUT2D eigenvalue weighted by molar-refractivity contribution is 5.34. The van der Waals surface area contributed by atoms with Crippen LogP contribution in [0.4, 0.5) is 0 Å². The second-order valence-electron chi connectivity index (χ2n) is 4.91. The van der Waals surface area contributed by atoms with E-state index in [1.807, 2.05) is 6.20 Å². The first-order valence-electron chi connectivity index (χ1n) is 5.80. The largest absolute Gasteiger partial charge is 0.320 e. The van der Waals surface area contributed by atoms with E-state index in [4.69, 9.17) is 5.73 Å². The topological polar surface area (TPSA) is 38.9 Å². The van der Waals surface area contributed by atoms with Crippen LogP contribution in [-0.4, -0.2) is 4.98 Å². The molecule has 1 saturated carbocycles. The van der Waals surface area contributed by atoms with Gasteiger partial charge in [-0.3, -0.25) is 4.98 Å². The predicted octanol–water partition coefficient (Wildman–Crippen LogP) is 2.67. The van der Waals surface area contributed by atoms with Gasteiger partial charge in [-0.05, 0) is 43.7 Å². The second-order valence-corrected chi connectivity index (χ2v) is 4.91. The smallest absolute Gasteiger partial charge is 0.0634 e. The zero-order valence-corrected chi connectivity index (χ0v) is 9.88. The number of aromatic nitrogens is 1. The fourth-order valence-corrected chi connectivity index (χ4v) is 2.55. The molecule has 2 rings (SSSR count). The molecule has 0 radical (unpaired) electrons. The Balaban J connectivity index is 2.24. The summed E-state index contributed by atoms with van der Waals surface area (Å²) in [5.74, 6) is 0.649. The third-order valence-corrected chi connectivity index (χ3v) is 3.45. The Kier molecular flexibility index (Phi) is 2.55. The first-order chi connectivity index (χ1) is 7.08. The summed E-state index contributed by atoms with van der Waals surface area (Å²) in [7, 11) is 0. The molecule has 1 fully saturated rings. The molecule has 2 unspecified atom stereocenters. The number of nitrogens with zero attached hydrogens (tertiary/aromatic N) is 1. The fraction of sp³-hybridized carbons (Fsp3) is 0.615. The van der Waals surface area contributed by atoms with Crippen LogP contribution in [0.1, 0.15) is 43.0 Å². The molecular weight excluding hydrogens is 184 g/mol. The molecule has 1 aromatic heterocycles. The number of nitrogens with two attached hydrogens (primary N) is 1. The van der Waals surface area contributed by atoms with Crippen LogP contribution in [-0.2, 0) is 5.54 Å². The van der Waals surface area contributed by atoms with Crippen molar-refractivity contribution in [1.82, 2.24) is 4.98 Å². The zero-order chi connectivity index (χ0) is 11.1. The van der Waals surface area contributed by atoms with Crippen molar-refractivity contribution in [3.05, 3.63) is 29.1 Å². The van der Waals surface area contributed by atoms with Crippen LogP contribution in [0.5, 0.6) is 0 Å². The maximum Gasteiger partial charge on any atom is 0.0634 e. The Morgan fingerprint density at radius 3 is 2.87 bits per heavy atom. The third-order valence-electron chi connectivity index (χ3n) is 3.45. The maximum absolute atomic E-state index is 6.39. The van der Waals surface area contributed by atoms with E-state index in [1.165, 1.54) is 24.0 Å². The monoisotopic (exact) mass is 204 g/mol. The number of rotatable bonds is 3. The van der Waals surface area contributed by atoms with Gasteiger partial charge in [0, 0.05) is 6.20 Å². The number of hydrogen-bond acceptors (Lipinski definition) is 2. The molecule has 1 aromatic rings. The standard InChI is InChI=1S/C13H20N2/c1-4-5-11-7-13(11,14)12-10(3)6-9(2)8-15-12/h6,8,11H,4-5,7,14H2,1-3H3. The van der Waals surface area contributed by atoms with Crippen molar-refractivity contribution in [3.8, 4) is 0 Å². The van der Waals surface area contributed by atoms with Gasteiger partial charge in [0.2, 0.25) is 0 Å². The van der Waals surface area contributed by atoms with Crippen molar-refractivity contribution in [2.75, 3.05) is 0 Å². The third kappa shape index (κ3) is 1.78.